The molecule has 10 heteroatoms. The molecule has 25 heavy (non-hydrogen) atoms. The Labute approximate surface area is 155 Å². The zero-order valence-corrected chi connectivity index (χ0v) is 15.6. The van der Waals surface area contributed by atoms with Gasteiger partial charge in [0.25, 0.3) is 0 Å². The van der Waals surface area contributed by atoms with Crippen molar-refractivity contribution in [1.29, 1.82) is 0 Å². The molecule has 3 rings (SSSR count). The first-order chi connectivity index (χ1) is 11.8. The van der Waals surface area contributed by atoms with Crippen LogP contribution in [0.25, 0.3) is 0 Å². The number of sulfonamides is 1. The summed E-state index contributed by atoms with van der Waals surface area (Å²) in [5, 5.41) is 2.74. The van der Waals surface area contributed by atoms with Crippen LogP contribution in [0.2, 0.25) is 10.0 Å². The SMILES string of the molecule is O=C(NC1CC1)C(=O)N1CCN(S(=O)(=O)c2c(Cl)cccc2Cl)CC1. The van der Waals surface area contributed by atoms with Crippen molar-refractivity contribution in [1.82, 2.24) is 14.5 Å². The molecule has 7 nitrogen and oxygen atoms in total. The van der Waals surface area contributed by atoms with Gasteiger partial charge in [0.05, 0.1) is 10.0 Å². The van der Waals surface area contributed by atoms with Crippen LogP contribution in [0.4, 0.5) is 0 Å². The Kier molecular flexibility index (Phi) is 5.24. The van der Waals surface area contributed by atoms with E-state index in [4.69, 9.17) is 23.2 Å². The van der Waals surface area contributed by atoms with E-state index in [0.717, 1.165) is 12.8 Å². The van der Waals surface area contributed by atoms with Gasteiger partial charge in [-0.2, -0.15) is 4.31 Å². The van der Waals surface area contributed by atoms with Crippen molar-refractivity contribution in [3.05, 3.63) is 28.2 Å². The number of carbonyl (C=O) groups is 2. The molecule has 2 aliphatic rings. The van der Waals surface area contributed by atoms with Gasteiger partial charge in [0.1, 0.15) is 4.90 Å². The number of carbonyl (C=O) groups excluding carboxylic acids is 2. The minimum Gasteiger partial charge on any atom is -0.345 e. The van der Waals surface area contributed by atoms with Crippen LogP contribution >= 0.6 is 23.2 Å². The summed E-state index contributed by atoms with van der Waals surface area (Å²) in [7, 11) is -3.87. The molecule has 1 aromatic carbocycles. The molecule has 1 saturated carbocycles. The zero-order chi connectivity index (χ0) is 18.2. The second kappa shape index (κ2) is 7.11. The number of nitrogens with zero attached hydrogens (tertiary/aromatic N) is 2. The average Bonchev–Trinajstić information content (AvgIpc) is 3.38. The Balaban J connectivity index is 1.67. The largest absolute Gasteiger partial charge is 0.345 e. The highest BCUT2D eigenvalue weighted by atomic mass is 35.5. The van der Waals surface area contributed by atoms with Crippen molar-refractivity contribution in [2.75, 3.05) is 26.2 Å². The molecule has 1 N–H and O–H groups in total. The Bertz CT molecular complexity index is 783. The van der Waals surface area contributed by atoms with Gasteiger partial charge in [-0.3, -0.25) is 9.59 Å². The number of piperazine rings is 1. The van der Waals surface area contributed by atoms with Crippen LogP contribution in [-0.2, 0) is 19.6 Å². The third kappa shape index (κ3) is 3.92. The maximum Gasteiger partial charge on any atom is 0.311 e. The first-order valence-corrected chi connectivity index (χ1v) is 10.0. The van der Waals surface area contributed by atoms with Crippen LogP contribution in [0.5, 0.6) is 0 Å². The summed E-state index contributed by atoms with van der Waals surface area (Å²) < 4.78 is 26.8. The first kappa shape index (κ1) is 18.4. The van der Waals surface area contributed by atoms with Crippen LogP contribution in [0, 0.1) is 0 Å². The Hall–Kier alpha value is -1.35. The number of rotatable bonds is 3. The van der Waals surface area contributed by atoms with E-state index >= 15 is 0 Å². The Morgan fingerprint density at radius 3 is 2.12 bits per heavy atom. The molecule has 0 aromatic heterocycles. The highest BCUT2D eigenvalue weighted by Gasteiger charge is 2.35. The lowest BCUT2D eigenvalue weighted by Gasteiger charge is -2.33. The van der Waals surface area contributed by atoms with Crippen LogP contribution in [0.3, 0.4) is 0 Å². The van der Waals surface area contributed by atoms with Gasteiger partial charge in [0.15, 0.2) is 0 Å². The van der Waals surface area contributed by atoms with Crippen molar-refractivity contribution >= 4 is 45.0 Å². The fourth-order valence-electron chi connectivity index (χ4n) is 2.61. The normalized spacial score (nSPS) is 18.9. The summed E-state index contributed by atoms with van der Waals surface area (Å²) in [6.45, 7) is 0.426. The molecule has 2 amide bonds. The van der Waals surface area contributed by atoms with Crippen molar-refractivity contribution in [3.63, 3.8) is 0 Å². The van der Waals surface area contributed by atoms with Crippen LogP contribution in [-0.4, -0.2) is 61.7 Å². The molecule has 1 aromatic rings. The van der Waals surface area contributed by atoms with Crippen molar-refractivity contribution in [2.45, 2.75) is 23.8 Å². The Morgan fingerprint density at radius 2 is 1.60 bits per heavy atom. The van der Waals surface area contributed by atoms with E-state index in [1.807, 2.05) is 0 Å². The predicted octanol–water partition coefficient (Wildman–Crippen LogP) is 1.10. The molecule has 1 heterocycles. The van der Waals surface area contributed by atoms with E-state index in [1.54, 1.807) is 6.07 Å². The zero-order valence-electron chi connectivity index (χ0n) is 13.2. The van der Waals surface area contributed by atoms with E-state index < -0.39 is 21.8 Å². The maximum absolute atomic E-state index is 12.8. The second-order valence-corrected chi connectivity index (χ2v) is 8.68. The van der Waals surface area contributed by atoms with Crippen molar-refractivity contribution < 1.29 is 18.0 Å². The average molecular weight is 406 g/mol. The molecule has 0 bridgehead atoms. The van der Waals surface area contributed by atoms with Crippen LogP contribution in [0.15, 0.2) is 23.1 Å². The maximum atomic E-state index is 12.8. The molecule has 136 valence electrons. The van der Waals surface area contributed by atoms with Gasteiger partial charge in [0, 0.05) is 32.2 Å². The summed E-state index contributed by atoms with van der Waals surface area (Å²) in [4.78, 5) is 25.1. The van der Waals surface area contributed by atoms with Gasteiger partial charge < -0.3 is 10.2 Å². The Morgan fingerprint density at radius 1 is 1.04 bits per heavy atom. The molecular weight excluding hydrogens is 389 g/mol. The van der Waals surface area contributed by atoms with Gasteiger partial charge in [-0.15, -0.1) is 0 Å². The van der Waals surface area contributed by atoms with Gasteiger partial charge >= 0.3 is 11.8 Å². The standard InChI is InChI=1S/C15H17Cl2N3O4S/c16-11-2-1-3-12(17)13(11)25(23,24)20-8-6-19(7-9-20)15(22)14(21)18-10-4-5-10/h1-3,10H,4-9H2,(H,18,21). The second-order valence-electron chi connectivity index (χ2n) is 5.99. The molecule has 2 fully saturated rings. The lowest BCUT2D eigenvalue weighted by Crippen LogP contribution is -2.54. The number of amides is 2. The molecule has 1 aliphatic carbocycles. The first-order valence-electron chi connectivity index (χ1n) is 7.84. The van der Waals surface area contributed by atoms with E-state index in [9.17, 15) is 18.0 Å². The summed E-state index contributed by atoms with van der Waals surface area (Å²) in [5.74, 6) is -1.26. The number of hydrogen-bond donors (Lipinski definition) is 1. The molecule has 0 atom stereocenters. The lowest BCUT2D eigenvalue weighted by atomic mass is 10.3. The third-order valence-electron chi connectivity index (χ3n) is 4.15. The number of benzene rings is 1. The van der Waals surface area contributed by atoms with E-state index in [-0.39, 0.29) is 47.2 Å². The summed E-state index contributed by atoms with van der Waals surface area (Å²) in [5.41, 5.74) is 0. The third-order valence-corrected chi connectivity index (χ3v) is 7.00. The number of halogens is 2. The molecule has 0 spiro atoms. The fraction of sp³-hybridized carbons (Fsp3) is 0.467. The molecular formula is C15H17Cl2N3O4S. The van der Waals surface area contributed by atoms with Gasteiger partial charge in [-0.05, 0) is 25.0 Å². The molecule has 0 unspecified atom stereocenters. The van der Waals surface area contributed by atoms with Crippen molar-refractivity contribution in [2.24, 2.45) is 0 Å². The van der Waals surface area contributed by atoms with Gasteiger partial charge in [0.2, 0.25) is 10.0 Å². The number of nitrogens with one attached hydrogen (secondary N) is 1. The molecule has 1 saturated heterocycles. The quantitative estimate of drug-likeness (QED) is 0.762. The predicted molar refractivity (Wildman–Crippen MR) is 93.0 cm³/mol. The summed E-state index contributed by atoms with van der Waals surface area (Å²) >= 11 is 12.0. The fourth-order valence-corrected chi connectivity index (χ4v) is 5.12. The van der Waals surface area contributed by atoms with E-state index in [2.05, 4.69) is 5.32 Å². The summed E-state index contributed by atoms with van der Waals surface area (Å²) in [6, 6.07) is 4.59. The minimum absolute atomic E-state index is 0.0508. The highest BCUT2D eigenvalue weighted by Crippen LogP contribution is 2.31. The summed E-state index contributed by atoms with van der Waals surface area (Å²) in [6.07, 6.45) is 1.78. The molecule has 0 radical (unpaired) electrons. The van der Waals surface area contributed by atoms with Crippen LogP contribution in [0.1, 0.15) is 12.8 Å². The van der Waals surface area contributed by atoms with E-state index in [1.165, 1.54) is 21.3 Å². The van der Waals surface area contributed by atoms with Crippen molar-refractivity contribution in [3.8, 4) is 0 Å². The highest BCUT2D eigenvalue weighted by molar-refractivity contribution is 7.89. The lowest BCUT2D eigenvalue weighted by molar-refractivity contribution is -0.146. The van der Waals surface area contributed by atoms with Gasteiger partial charge in [-0.1, -0.05) is 29.3 Å². The minimum atomic E-state index is -3.87. The monoisotopic (exact) mass is 405 g/mol. The van der Waals surface area contributed by atoms with Gasteiger partial charge in [-0.25, -0.2) is 8.42 Å². The molecule has 1 aliphatic heterocycles. The topological polar surface area (TPSA) is 86.8 Å². The smallest absolute Gasteiger partial charge is 0.311 e. The van der Waals surface area contributed by atoms with Crippen LogP contribution < -0.4 is 5.32 Å². The van der Waals surface area contributed by atoms with E-state index in [0.29, 0.717) is 0 Å². The number of hydrogen-bond acceptors (Lipinski definition) is 4.